The summed E-state index contributed by atoms with van der Waals surface area (Å²) in [6.07, 6.45) is 6.17. The average Bonchev–Trinajstić information content (AvgIpc) is 3.16. The number of anilines is 2. The van der Waals surface area contributed by atoms with Crippen LogP contribution >= 0.6 is 0 Å². The monoisotopic (exact) mass is 432 g/mol. The fraction of sp³-hybridized carbons (Fsp3) is 0.333. The SMILES string of the molecule is C.C[C@@H]1C(=O)Nc2cnc(CCc3cnn(Cc4cc(F)c(F)c(F)c4)c3)nc2N1C. The largest absolute Gasteiger partial charge is 0.346 e. The molecule has 1 N–H and O–H groups in total. The Morgan fingerprint density at radius 1 is 1.10 bits per heavy atom. The van der Waals surface area contributed by atoms with Crippen LogP contribution < -0.4 is 10.2 Å². The molecule has 7 nitrogen and oxygen atoms in total. The lowest BCUT2D eigenvalue weighted by Gasteiger charge is -2.31. The number of hydrogen-bond donors (Lipinski definition) is 1. The molecule has 0 bridgehead atoms. The fourth-order valence-corrected chi connectivity index (χ4v) is 3.25. The van der Waals surface area contributed by atoms with Gasteiger partial charge < -0.3 is 10.2 Å². The lowest BCUT2D eigenvalue weighted by molar-refractivity contribution is -0.117. The Kier molecular flexibility index (Phi) is 6.28. The van der Waals surface area contributed by atoms with Crippen molar-refractivity contribution in [2.24, 2.45) is 0 Å². The summed E-state index contributed by atoms with van der Waals surface area (Å²) < 4.78 is 41.3. The minimum atomic E-state index is -1.48. The first-order chi connectivity index (χ1) is 14.3. The first kappa shape index (κ1) is 22.3. The van der Waals surface area contributed by atoms with Gasteiger partial charge in [0, 0.05) is 19.7 Å². The van der Waals surface area contributed by atoms with Crippen molar-refractivity contribution in [1.29, 1.82) is 0 Å². The second-order valence-electron chi connectivity index (χ2n) is 7.22. The van der Waals surface area contributed by atoms with Gasteiger partial charge in [0.25, 0.3) is 0 Å². The van der Waals surface area contributed by atoms with Crippen LogP contribution in [0.5, 0.6) is 0 Å². The van der Waals surface area contributed by atoms with E-state index in [4.69, 9.17) is 0 Å². The van der Waals surface area contributed by atoms with Gasteiger partial charge in [-0.3, -0.25) is 9.48 Å². The van der Waals surface area contributed by atoms with E-state index in [1.807, 2.05) is 7.05 Å². The van der Waals surface area contributed by atoms with Crippen molar-refractivity contribution in [3.63, 3.8) is 0 Å². The molecule has 2 aromatic heterocycles. The summed E-state index contributed by atoms with van der Waals surface area (Å²) in [6, 6.07) is 1.59. The van der Waals surface area contributed by atoms with Gasteiger partial charge >= 0.3 is 0 Å². The molecule has 4 rings (SSSR count). The topological polar surface area (TPSA) is 75.9 Å². The number of carbonyl (C=O) groups excluding carboxylic acids is 1. The van der Waals surface area contributed by atoms with Gasteiger partial charge in [-0.25, -0.2) is 23.1 Å². The third kappa shape index (κ3) is 4.52. The fourth-order valence-electron chi connectivity index (χ4n) is 3.25. The predicted octanol–water partition coefficient (Wildman–Crippen LogP) is 3.34. The van der Waals surface area contributed by atoms with Gasteiger partial charge in [0.15, 0.2) is 23.3 Å². The summed E-state index contributed by atoms with van der Waals surface area (Å²) in [4.78, 5) is 22.5. The predicted molar refractivity (Wildman–Crippen MR) is 110 cm³/mol. The summed E-state index contributed by atoms with van der Waals surface area (Å²) in [5.41, 5.74) is 1.75. The highest BCUT2D eigenvalue weighted by Crippen LogP contribution is 2.28. The molecular weight excluding hydrogens is 409 g/mol. The molecule has 3 heterocycles. The van der Waals surface area contributed by atoms with Crippen LogP contribution in [-0.2, 0) is 24.2 Å². The average molecular weight is 432 g/mol. The summed E-state index contributed by atoms with van der Waals surface area (Å²) >= 11 is 0. The molecule has 164 valence electrons. The van der Waals surface area contributed by atoms with E-state index in [1.165, 1.54) is 4.68 Å². The minimum absolute atomic E-state index is 0. The molecule has 0 spiro atoms. The second kappa shape index (κ2) is 8.75. The van der Waals surface area contributed by atoms with E-state index in [2.05, 4.69) is 20.4 Å². The number of nitrogens with one attached hydrogen (secondary N) is 1. The van der Waals surface area contributed by atoms with Gasteiger partial charge in [0.2, 0.25) is 5.91 Å². The van der Waals surface area contributed by atoms with Gasteiger partial charge in [-0.2, -0.15) is 5.10 Å². The van der Waals surface area contributed by atoms with Crippen LogP contribution in [0.3, 0.4) is 0 Å². The van der Waals surface area contributed by atoms with E-state index >= 15 is 0 Å². The molecule has 0 aliphatic carbocycles. The van der Waals surface area contributed by atoms with Gasteiger partial charge in [-0.15, -0.1) is 0 Å². The zero-order valence-corrected chi connectivity index (χ0v) is 16.4. The Balaban J connectivity index is 0.00000272. The first-order valence-electron chi connectivity index (χ1n) is 9.36. The summed E-state index contributed by atoms with van der Waals surface area (Å²) in [5.74, 6) is -2.74. The van der Waals surface area contributed by atoms with Gasteiger partial charge in [0.1, 0.15) is 17.6 Å². The molecule has 0 fully saturated rings. The number of likely N-dealkylation sites (N-methyl/N-ethyl adjacent to an activating group) is 1. The van der Waals surface area contributed by atoms with E-state index < -0.39 is 17.5 Å². The van der Waals surface area contributed by atoms with Gasteiger partial charge in [0.05, 0.1) is 18.9 Å². The number of aryl methyl sites for hydroxylation is 2. The number of aromatic nitrogens is 4. The number of amides is 1. The molecule has 0 unspecified atom stereocenters. The van der Waals surface area contributed by atoms with E-state index in [1.54, 1.807) is 30.4 Å². The Bertz CT molecular complexity index is 1090. The Morgan fingerprint density at radius 3 is 2.52 bits per heavy atom. The molecule has 31 heavy (non-hydrogen) atoms. The number of benzene rings is 1. The molecule has 1 aromatic carbocycles. The van der Waals surface area contributed by atoms with E-state index in [0.29, 0.717) is 30.2 Å². The molecule has 1 aliphatic rings. The highest BCUT2D eigenvalue weighted by atomic mass is 19.2. The van der Waals surface area contributed by atoms with Crippen molar-refractivity contribution in [3.05, 3.63) is 65.1 Å². The van der Waals surface area contributed by atoms with Crippen molar-refractivity contribution in [2.75, 3.05) is 17.3 Å². The third-order valence-corrected chi connectivity index (χ3v) is 5.08. The van der Waals surface area contributed by atoms with E-state index in [-0.39, 0.29) is 31.5 Å². The molecule has 0 saturated heterocycles. The zero-order chi connectivity index (χ0) is 21.4. The molecule has 3 aromatic rings. The van der Waals surface area contributed by atoms with Crippen molar-refractivity contribution < 1.29 is 18.0 Å². The second-order valence-corrected chi connectivity index (χ2v) is 7.22. The van der Waals surface area contributed by atoms with Crippen LogP contribution in [0.15, 0.2) is 30.7 Å². The summed E-state index contributed by atoms with van der Waals surface area (Å²) in [5, 5.41) is 6.97. The standard InChI is InChI=1S/C20H19F3N6O.CH4/c1-11-20(30)26-16-8-24-17(27-19(16)28(11)2)4-3-12-7-25-29(9-12)10-13-5-14(21)18(23)15(22)6-13;/h5-9,11H,3-4,10H2,1-2H3,(H,26,30);1H4/t11-;/m1./s1. The number of hydrogen-bond acceptors (Lipinski definition) is 5. The van der Waals surface area contributed by atoms with Crippen molar-refractivity contribution in [3.8, 4) is 0 Å². The molecule has 1 aliphatic heterocycles. The molecule has 10 heteroatoms. The number of carbonyl (C=O) groups is 1. The highest BCUT2D eigenvalue weighted by Gasteiger charge is 2.28. The zero-order valence-electron chi connectivity index (χ0n) is 16.4. The van der Waals surface area contributed by atoms with Gasteiger partial charge in [-0.05, 0) is 36.6 Å². The highest BCUT2D eigenvalue weighted by molar-refractivity contribution is 6.02. The van der Waals surface area contributed by atoms with Crippen molar-refractivity contribution >= 4 is 17.4 Å². The number of fused-ring (bicyclic) bond motifs is 1. The molecule has 1 amide bonds. The van der Waals surface area contributed by atoms with Gasteiger partial charge in [-0.1, -0.05) is 7.43 Å². The number of nitrogens with zero attached hydrogens (tertiary/aromatic N) is 5. The third-order valence-electron chi connectivity index (χ3n) is 5.08. The Labute approximate surface area is 177 Å². The van der Waals surface area contributed by atoms with Crippen LogP contribution in [0.2, 0.25) is 0 Å². The minimum Gasteiger partial charge on any atom is -0.346 e. The van der Waals surface area contributed by atoms with Crippen molar-refractivity contribution in [2.45, 2.75) is 39.8 Å². The van der Waals surface area contributed by atoms with Crippen LogP contribution in [-0.4, -0.2) is 38.7 Å². The maximum absolute atomic E-state index is 13.4. The quantitative estimate of drug-likeness (QED) is 0.626. The first-order valence-corrected chi connectivity index (χ1v) is 9.36. The smallest absolute Gasteiger partial charge is 0.246 e. The molecule has 0 saturated carbocycles. The lowest BCUT2D eigenvalue weighted by atomic mass is 10.1. The Hall–Kier alpha value is -3.43. The molecule has 1 atom stereocenters. The lowest BCUT2D eigenvalue weighted by Crippen LogP contribution is -2.44. The van der Waals surface area contributed by atoms with E-state index in [9.17, 15) is 18.0 Å². The maximum Gasteiger partial charge on any atom is 0.246 e. The number of rotatable bonds is 5. The van der Waals surface area contributed by atoms with Crippen LogP contribution in [0.25, 0.3) is 0 Å². The normalized spacial score (nSPS) is 15.3. The Morgan fingerprint density at radius 2 is 1.81 bits per heavy atom. The molecular formula is C21H23F3N6O. The van der Waals surface area contributed by atoms with Crippen LogP contribution in [0.1, 0.15) is 31.3 Å². The summed E-state index contributed by atoms with van der Waals surface area (Å²) in [6.45, 7) is 1.92. The van der Waals surface area contributed by atoms with Crippen molar-refractivity contribution in [1.82, 2.24) is 19.7 Å². The molecule has 0 radical (unpaired) electrons. The summed E-state index contributed by atoms with van der Waals surface area (Å²) in [7, 11) is 1.81. The van der Waals surface area contributed by atoms with E-state index in [0.717, 1.165) is 17.7 Å². The number of halogens is 3. The van der Waals surface area contributed by atoms with Crippen LogP contribution in [0, 0.1) is 17.5 Å². The maximum atomic E-state index is 13.4. The van der Waals surface area contributed by atoms with Crippen LogP contribution in [0.4, 0.5) is 24.7 Å².